The molecule has 0 saturated heterocycles. The zero-order valence-electron chi connectivity index (χ0n) is 10.9. The molecule has 0 fully saturated rings. The van der Waals surface area contributed by atoms with Gasteiger partial charge < -0.3 is 10.4 Å². The van der Waals surface area contributed by atoms with Crippen LogP contribution in [0.1, 0.15) is 35.7 Å². The predicted molar refractivity (Wildman–Crippen MR) is 71.3 cm³/mol. The van der Waals surface area contributed by atoms with E-state index in [-0.39, 0.29) is 22.9 Å². The van der Waals surface area contributed by atoms with Gasteiger partial charge in [0, 0.05) is 5.69 Å². The number of nitrogens with one attached hydrogen (secondary N) is 2. The van der Waals surface area contributed by atoms with Crippen molar-refractivity contribution in [3.05, 3.63) is 23.3 Å². The third-order valence-corrected chi connectivity index (χ3v) is 4.30. The second-order valence-electron chi connectivity index (χ2n) is 4.78. The SMILES string of the molecule is CC(C)c1cc(NCC(=O)O)cc2c1C(=O)NS2(=O)=O. The number of carbonyl (C=O) groups excluding carboxylic acids is 1. The van der Waals surface area contributed by atoms with Crippen molar-refractivity contribution < 1.29 is 23.1 Å². The summed E-state index contributed by atoms with van der Waals surface area (Å²) in [7, 11) is -3.86. The normalized spacial score (nSPS) is 15.8. The molecule has 0 bridgehead atoms. The number of anilines is 1. The maximum Gasteiger partial charge on any atom is 0.322 e. The molecule has 1 aromatic rings. The number of aliphatic carboxylic acids is 1. The summed E-state index contributed by atoms with van der Waals surface area (Å²) < 4.78 is 25.6. The maximum absolute atomic E-state index is 11.9. The number of fused-ring (bicyclic) bond motifs is 1. The Labute approximate surface area is 116 Å². The van der Waals surface area contributed by atoms with Gasteiger partial charge in [-0.05, 0) is 23.6 Å². The lowest BCUT2D eigenvalue weighted by molar-refractivity contribution is -0.134. The zero-order valence-corrected chi connectivity index (χ0v) is 11.7. The van der Waals surface area contributed by atoms with Crippen LogP contribution in [0.4, 0.5) is 5.69 Å². The Morgan fingerprint density at radius 3 is 2.60 bits per heavy atom. The topological polar surface area (TPSA) is 113 Å². The van der Waals surface area contributed by atoms with Gasteiger partial charge in [0.25, 0.3) is 15.9 Å². The Balaban J connectivity index is 2.59. The van der Waals surface area contributed by atoms with Crippen molar-refractivity contribution in [2.75, 3.05) is 11.9 Å². The standard InChI is InChI=1S/C12H14N2O5S/c1-6(2)8-3-7(13-5-10(15)16)4-9-11(8)12(17)14-20(9,18)19/h3-4,6,13H,5H2,1-2H3,(H,14,17)(H,15,16). The quantitative estimate of drug-likeness (QED) is 0.755. The third kappa shape index (κ3) is 2.46. The van der Waals surface area contributed by atoms with E-state index in [4.69, 9.17) is 5.11 Å². The molecule has 0 atom stereocenters. The van der Waals surface area contributed by atoms with Gasteiger partial charge in [-0.1, -0.05) is 13.8 Å². The van der Waals surface area contributed by atoms with E-state index >= 15 is 0 Å². The smallest absolute Gasteiger partial charge is 0.322 e. The van der Waals surface area contributed by atoms with Crippen LogP contribution in [0.5, 0.6) is 0 Å². The minimum absolute atomic E-state index is 0.0746. The molecule has 0 aliphatic carbocycles. The fourth-order valence-corrected chi connectivity index (χ4v) is 3.27. The molecule has 1 aliphatic heterocycles. The van der Waals surface area contributed by atoms with Crippen LogP contribution in [0.3, 0.4) is 0 Å². The summed E-state index contributed by atoms with van der Waals surface area (Å²) in [5.41, 5.74) is 1.06. The number of carboxylic acid groups (broad SMARTS) is 1. The molecule has 0 spiro atoms. The van der Waals surface area contributed by atoms with E-state index in [0.717, 1.165) is 0 Å². The minimum atomic E-state index is -3.86. The van der Waals surface area contributed by atoms with E-state index in [1.807, 2.05) is 18.6 Å². The van der Waals surface area contributed by atoms with Gasteiger partial charge in [0.1, 0.15) is 11.4 Å². The monoisotopic (exact) mass is 298 g/mol. The van der Waals surface area contributed by atoms with E-state index in [1.54, 1.807) is 6.07 Å². The summed E-state index contributed by atoms with van der Waals surface area (Å²) in [5.74, 6) is -1.78. The average molecular weight is 298 g/mol. The molecule has 1 amide bonds. The van der Waals surface area contributed by atoms with Crippen LogP contribution in [0.2, 0.25) is 0 Å². The Morgan fingerprint density at radius 1 is 1.40 bits per heavy atom. The molecule has 3 N–H and O–H groups in total. The Morgan fingerprint density at radius 2 is 2.05 bits per heavy atom. The number of carboxylic acids is 1. The molecule has 1 aliphatic rings. The molecule has 20 heavy (non-hydrogen) atoms. The molecule has 7 nitrogen and oxygen atoms in total. The van der Waals surface area contributed by atoms with E-state index in [2.05, 4.69) is 5.32 Å². The van der Waals surface area contributed by atoms with Crippen molar-refractivity contribution in [3.63, 3.8) is 0 Å². The highest BCUT2D eigenvalue weighted by Crippen LogP contribution is 2.33. The van der Waals surface area contributed by atoms with Crippen LogP contribution in [0, 0.1) is 0 Å². The van der Waals surface area contributed by atoms with Crippen molar-refractivity contribution in [3.8, 4) is 0 Å². The fourth-order valence-electron chi connectivity index (χ4n) is 2.06. The Kier molecular flexibility index (Phi) is 3.43. The first-order valence-corrected chi connectivity index (χ1v) is 7.41. The van der Waals surface area contributed by atoms with E-state index in [1.165, 1.54) is 6.07 Å². The van der Waals surface area contributed by atoms with Gasteiger partial charge >= 0.3 is 5.97 Å². The zero-order chi connectivity index (χ0) is 15.1. The highest BCUT2D eigenvalue weighted by molar-refractivity contribution is 7.90. The number of carbonyl (C=O) groups is 2. The van der Waals surface area contributed by atoms with Crippen LogP contribution in [-0.2, 0) is 14.8 Å². The molecule has 0 radical (unpaired) electrons. The van der Waals surface area contributed by atoms with Gasteiger partial charge in [-0.25, -0.2) is 13.1 Å². The number of hydrogen-bond acceptors (Lipinski definition) is 5. The molecule has 1 aromatic carbocycles. The van der Waals surface area contributed by atoms with E-state index in [9.17, 15) is 18.0 Å². The van der Waals surface area contributed by atoms with Gasteiger partial charge in [-0.15, -0.1) is 0 Å². The highest BCUT2D eigenvalue weighted by atomic mass is 32.2. The first-order chi connectivity index (χ1) is 9.22. The lowest BCUT2D eigenvalue weighted by atomic mass is 9.96. The minimum Gasteiger partial charge on any atom is -0.480 e. The van der Waals surface area contributed by atoms with Crippen molar-refractivity contribution in [1.29, 1.82) is 0 Å². The molecule has 8 heteroatoms. The fraction of sp³-hybridized carbons (Fsp3) is 0.333. The van der Waals surface area contributed by atoms with Gasteiger partial charge in [-0.3, -0.25) is 9.59 Å². The van der Waals surface area contributed by atoms with Crippen LogP contribution in [0.15, 0.2) is 17.0 Å². The Bertz CT molecular complexity index is 694. The summed E-state index contributed by atoms with van der Waals surface area (Å²) in [6, 6.07) is 2.88. The molecule has 0 aromatic heterocycles. The van der Waals surface area contributed by atoms with E-state index in [0.29, 0.717) is 11.3 Å². The molecule has 2 rings (SSSR count). The molecule has 0 unspecified atom stereocenters. The van der Waals surface area contributed by atoms with Crippen molar-refractivity contribution in [1.82, 2.24) is 4.72 Å². The average Bonchev–Trinajstić information content (AvgIpc) is 2.56. The van der Waals surface area contributed by atoms with Crippen molar-refractivity contribution in [2.24, 2.45) is 0 Å². The second-order valence-corrected chi connectivity index (χ2v) is 6.43. The lowest BCUT2D eigenvalue weighted by Crippen LogP contribution is -2.21. The number of amides is 1. The maximum atomic E-state index is 11.9. The predicted octanol–water partition coefficient (Wildman–Crippen LogP) is 0.739. The van der Waals surface area contributed by atoms with Crippen LogP contribution in [0.25, 0.3) is 0 Å². The summed E-state index contributed by atoms with van der Waals surface area (Å²) in [6.45, 7) is 3.32. The van der Waals surface area contributed by atoms with Gasteiger partial charge in [0.2, 0.25) is 0 Å². The first kappa shape index (κ1) is 14.3. The molecule has 0 saturated carbocycles. The molecular weight excluding hydrogens is 284 g/mol. The number of sulfonamides is 1. The first-order valence-electron chi connectivity index (χ1n) is 5.93. The Hall–Kier alpha value is -2.09. The number of benzene rings is 1. The largest absolute Gasteiger partial charge is 0.480 e. The van der Waals surface area contributed by atoms with Gasteiger partial charge in [0.15, 0.2) is 0 Å². The number of hydrogen-bond donors (Lipinski definition) is 3. The highest BCUT2D eigenvalue weighted by Gasteiger charge is 2.35. The third-order valence-electron chi connectivity index (χ3n) is 2.94. The van der Waals surface area contributed by atoms with Crippen molar-refractivity contribution >= 4 is 27.6 Å². The van der Waals surface area contributed by atoms with Crippen LogP contribution in [-0.4, -0.2) is 31.9 Å². The number of rotatable bonds is 4. The van der Waals surface area contributed by atoms with Crippen molar-refractivity contribution in [2.45, 2.75) is 24.7 Å². The summed E-state index contributed by atoms with van der Waals surface area (Å²) in [4.78, 5) is 22.2. The summed E-state index contributed by atoms with van der Waals surface area (Å²) in [6.07, 6.45) is 0. The summed E-state index contributed by atoms with van der Waals surface area (Å²) >= 11 is 0. The van der Waals surface area contributed by atoms with Gasteiger partial charge in [0.05, 0.1) is 5.56 Å². The second kappa shape index (κ2) is 4.78. The van der Waals surface area contributed by atoms with Crippen LogP contribution < -0.4 is 10.0 Å². The lowest BCUT2D eigenvalue weighted by Gasteiger charge is -2.13. The van der Waals surface area contributed by atoms with Gasteiger partial charge in [-0.2, -0.15) is 0 Å². The summed E-state index contributed by atoms with van der Waals surface area (Å²) in [5, 5.41) is 11.3. The molecular formula is C12H14N2O5S. The molecule has 108 valence electrons. The van der Waals surface area contributed by atoms with Crippen LogP contribution >= 0.6 is 0 Å². The van der Waals surface area contributed by atoms with E-state index < -0.39 is 21.9 Å². The molecule has 1 heterocycles.